The van der Waals surface area contributed by atoms with Crippen LogP contribution in [0.1, 0.15) is 24.5 Å². The van der Waals surface area contributed by atoms with E-state index in [1.807, 2.05) is 43.3 Å². The maximum atomic E-state index is 11.3. The van der Waals surface area contributed by atoms with Crippen LogP contribution in [0.3, 0.4) is 0 Å². The summed E-state index contributed by atoms with van der Waals surface area (Å²) in [6.07, 6.45) is 0.428. The fraction of sp³-hybridized carbons (Fsp3) is 0.316. The lowest BCUT2D eigenvalue weighted by Crippen LogP contribution is -2.27. The normalized spacial score (nSPS) is 10.6. The highest BCUT2D eigenvalue weighted by atomic mass is 16.5. The molecule has 0 amide bonds. The molecule has 0 fully saturated rings. The van der Waals surface area contributed by atoms with E-state index < -0.39 is 0 Å². The van der Waals surface area contributed by atoms with E-state index in [1.165, 1.54) is 11.1 Å². The predicted molar refractivity (Wildman–Crippen MR) is 88.2 cm³/mol. The van der Waals surface area contributed by atoms with Gasteiger partial charge in [0.1, 0.15) is 6.61 Å². The molecule has 0 heterocycles. The molecule has 0 N–H and O–H groups in total. The number of esters is 1. The molecule has 2 aromatic carbocycles. The van der Waals surface area contributed by atoms with Gasteiger partial charge in [0.25, 0.3) is 0 Å². The highest BCUT2D eigenvalue weighted by Gasteiger charge is 2.08. The molecule has 116 valence electrons. The van der Waals surface area contributed by atoms with Crippen LogP contribution in [0.15, 0.2) is 60.7 Å². The lowest BCUT2D eigenvalue weighted by atomic mass is 10.1. The molecule has 0 aliphatic carbocycles. The van der Waals surface area contributed by atoms with Crippen molar-refractivity contribution in [2.75, 3.05) is 13.2 Å². The Morgan fingerprint density at radius 3 is 1.86 bits per heavy atom. The second kappa shape index (κ2) is 9.00. The minimum atomic E-state index is -0.139. The first kappa shape index (κ1) is 16.2. The highest BCUT2D eigenvalue weighted by molar-refractivity contribution is 5.68. The van der Waals surface area contributed by atoms with E-state index >= 15 is 0 Å². The average molecular weight is 297 g/mol. The zero-order valence-electron chi connectivity index (χ0n) is 13.1. The van der Waals surface area contributed by atoms with E-state index in [-0.39, 0.29) is 5.97 Å². The van der Waals surface area contributed by atoms with Gasteiger partial charge in [-0.05, 0) is 11.1 Å². The monoisotopic (exact) mass is 297 g/mol. The van der Waals surface area contributed by atoms with Gasteiger partial charge in [-0.2, -0.15) is 0 Å². The Bertz CT molecular complexity index is 513. The van der Waals surface area contributed by atoms with Crippen molar-refractivity contribution in [2.24, 2.45) is 0 Å². The van der Waals surface area contributed by atoms with Crippen LogP contribution >= 0.6 is 0 Å². The molecule has 0 aliphatic heterocycles. The van der Waals surface area contributed by atoms with Crippen molar-refractivity contribution < 1.29 is 9.53 Å². The number of hydrogen-bond acceptors (Lipinski definition) is 3. The second-order valence-corrected chi connectivity index (χ2v) is 5.26. The molecule has 0 aliphatic rings. The first-order chi connectivity index (χ1) is 10.8. The topological polar surface area (TPSA) is 29.5 Å². The number of rotatable bonds is 8. The largest absolute Gasteiger partial charge is 0.464 e. The Labute approximate surface area is 132 Å². The number of benzene rings is 2. The zero-order chi connectivity index (χ0) is 15.6. The summed E-state index contributed by atoms with van der Waals surface area (Å²) in [7, 11) is 0. The number of hydrogen-bond donors (Lipinski definition) is 0. The SMILES string of the molecule is CCC(=O)OCCN(Cc1ccccc1)Cc1ccccc1. The minimum Gasteiger partial charge on any atom is -0.464 e. The minimum absolute atomic E-state index is 0.139. The molecular weight excluding hydrogens is 274 g/mol. The highest BCUT2D eigenvalue weighted by Crippen LogP contribution is 2.09. The Hall–Kier alpha value is -2.13. The van der Waals surface area contributed by atoms with Crippen LogP contribution in [-0.4, -0.2) is 24.0 Å². The van der Waals surface area contributed by atoms with E-state index in [0.29, 0.717) is 13.0 Å². The van der Waals surface area contributed by atoms with Gasteiger partial charge in [-0.1, -0.05) is 67.6 Å². The molecule has 0 atom stereocenters. The Morgan fingerprint density at radius 2 is 1.41 bits per heavy atom. The predicted octanol–water partition coefficient (Wildman–Crippen LogP) is 3.64. The van der Waals surface area contributed by atoms with Crippen molar-refractivity contribution in [3.8, 4) is 0 Å². The fourth-order valence-electron chi connectivity index (χ4n) is 2.29. The summed E-state index contributed by atoms with van der Waals surface area (Å²) in [5, 5.41) is 0. The average Bonchev–Trinajstić information content (AvgIpc) is 2.56. The molecular formula is C19H23NO2. The molecule has 0 saturated carbocycles. The van der Waals surface area contributed by atoms with Crippen molar-refractivity contribution in [2.45, 2.75) is 26.4 Å². The second-order valence-electron chi connectivity index (χ2n) is 5.26. The Kier molecular flexibility index (Phi) is 6.65. The van der Waals surface area contributed by atoms with Crippen LogP contribution < -0.4 is 0 Å². The van der Waals surface area contributed by atoms with Gasteiger partial charge in [0.2, 0.25) is 0 Å². The van der Waals surface area contributed by atoms with Gasteiger partial charge in [0.15, 0.2) is 0 Å². The summed E-state index contributed by atoms with van der Waals surface area (Å²) >= 11 is 0. The molecule has 0 bridgehead atoms. The van der Waals surface area contributed by atoms with E-state index in [4.69, 9.17) is 4.74 Å². The molecule has 3 nitrogen and oxygen atoms in total. The van der Waals surface area contributed by atoms with Gasteiger partial charge in [-0.3, -0.25) is 9.69 Å². The number of carbonyl (C=O) groups is 1. The Balaban J connectivity index is 1.95. The van der Waals surface area contributed by atoms with E-state index in [0.717, 1.165) is 19.6 Å². The summed E-state index contributed by atoms with van der Waals surface area (Å²) < 4.78 is 5.22. The third-order valence-electron chi connectivity index (χ3n) is 3.46. The first-order valence-corrected chi connectivity index (χ1v) is 7.73. The summed E-state index contributed by atoms with van der Waals surface area (Å²) in [5.74, 6) is -0.139. The van der Waals surface area contributed by atoms with Crippen LogP contribution in [0.5, 0.6) is 0 Å². The van der Waals surface area contributed by atoms with Gasteiger partial charge < -0.3 is 4.74 Å². The quantitative estimate of drug-likeness (QED) is 0.697. The van der Waals surface area contributed by atoms with E-state index in [9.17, 15) is 4.79 Å². The number of ether oxygens (including phenoxy) is 1. The number of carbonyl (C=O) groups excluding carboxylic acids is 1. The van der Waals surface area contributed by atoms with Crippen molar-refractivity contribution in [1.29, 1.82) is 0 Å². The van der Waals surface area contributed by atoms with Crippen molar-refractivity contribution in [3.63, 3.8) is 0 Å². The molecule has 0 saturated heterocycles. The molecule has 0 radical (unpaired) electrons. The van der Waals surface area contributed by atoms with Crippen LogP contribution in [0.2, 0.25) is 0 Å². The maximum absolute atomic E-state index is 11.3. The summed E-state index contributed by atoms with van der Waals surface area (Å²) in [4.78, 5) is 13.6. The lowest BCUT2D eigenvalue weighted by Gasteiger charge is -2.22. The van der Waals surface area contributed by atoms with Crippen molar-refractivity contribution in [1.82, 2.24) is 4.90 Å². The standard InChI is InChI=1S/C19H23NO2/c1-2-19(21)22-14-13-20(15-17-9-5-3-6-10-17)16-18-11-7-4-8-12-18/h3-12H,2,13-16H2,1H3. The van der Waals surface area contributed by atoms with Gasteiger partial charge in [-0.25, -0.2) is 0 Å². The first-order valence-electron chi connectivity index (χ1n) is 7.73. The van der Waals surface area contributed by atoms with Crippen LogP contribution in [0.4, 0.5) is 0 Å². The van der Waals surface area contributed by atoms with Gasteiger partial charge in [0, 0.05) is 26.1 Å². The van der Waals surface area contributed by atoms with Crippen LogP contribution in [0.25, 0.3) is 0 Å². The molecule has 22 heavy (non-hydrogen) atoms. The maximum Gasteiger partial charge on any atom is 0.305 e. The van der Waals surface area contributed by atoms with Gasteiger partial charge >= 0.3 is 5.97 Å². The molecule has 0 unspecified atom stereocenters. The third-order valence-corrected chi connectivity index (χ3v) is 3.46. The molecule has 2 rings (SSSR count). The third kappa shape index (κ3) is 5.70. The van der Waals surface area contributed by atoms with Crippen molar-refractivity contribution >= 4 is 5.97 Å². The van der Waals surface area contributed by atoms with Gasteiger partial charge in [-0.15, -0.1) is 0 Å². The fourth-order valence-corrected chi connectivity index (χ4v) is 2.29. The van der Waals surface area contributed by atoms with Crippen LogP contribution in [0, 0.1) is 0 Å². The smallest absolute Gasteiger partial charge is 0.305 e. The molecule has 3 heteroatoms. The molecule has 0 spiro atoms. The van der Waals surface area contributed by atoms with Crippen LogP contribution in [-0.2, 0) is 22.6 Å². The molecule has 2 aromatic rings. The van der Waals surface area contributed by atoms with E-state index in [2.05, 4.69) is 29.2 Å². The summed E-state index contributed by atoms with van der Waals surface area (Å²) in [6.45, 7) is 4.68. The van der Waals surface area contributed by atoms with Gasteiger partial charge in [0.05, 0.1) is 0 Å². The lowest BCUT2D eigenvalue weighted by molar-refractivity contribution is -0.143. The zero-order valence-corrected chi connectivity index (χ0v) is 13.1. The number of nitrogens with zero attached hydrogens (tertiary/aromatic N) is 1. The summed E-state index contributed by atoms with van der Waals surface area (Å²) in [6, 6.07) is 20.7. The molecule has 0 aromatic heterocycles. The Morgan fingerprint density at radius 1 is 0.909 bits per heavy atom. The van der Waals surface area contributed by atoms with E-state index in [1.54, 1.807) is 0 Å². The van der Waals surface area contributed by atoms with Crippen molar-refractivity contribution in [3.05, 3.63) is 71.8 Å². The summed E-state index contributed by atoms with van der Waals surface area (Å²) in [5.41, 5.74) is 2.53.